The lowest BCUT2D eigenvalue weighted by Gasteiger charge is -2.38. The molecule has 1 atom stereocenters. The fourth-order valence-corrected chi connectivity index (χ4v) is 4.39. The Morgan fingerprint density at radius 3 is 2.50 bits per heavy atom. The van der Waals surface area contributed by atoms with E-state index < -0.39 is 0 Å². The Hall–Kier alpha value is -2.08. The number of carbonyl (C=O) groups is 2. The number of hydrogen-bond acceptors (Lipinski definition) is 3. The number of benzene rings is 1. The van der Waals surface area contributed by atoms with Gasteiger partial charge in [0.2, 0.25) is 5.91 Å². The monoisotopic (exact) mass is 385 g/mol. The van der Waals surface area contributed by atoms with Crippen molar-refractivity contribution in [1.29, 1.82) is 0 Å². The number of ether oxygens (including phenoxy) is 1. The lowest BCUT2D eigenvalue weighted by atomic mass is 10.0. The van der Waals surface area contributed by atoms with E-state index in [2.05, 4.69) is 22.3 Å². The number of hydrogen-bond donors (Lipinski definition) is 1. The van der Waals surface area contributed by atoms with Crippen molar-refractivity contribution in [1.82, 2.24) is 15.1 Å². The number of likely N-dealkylation sites (tertiary alicyclic amines) is 1. The van der Waals surface area contributed by atoms with Gasteiger partial charge in [-0.3, -0.25) is 4.79 Å². The normalized spacial score (nSPS) is 22.9. The molecular formula is C22H31N3O3. The number of urea groups is 1. The second kappa shape index (κ2) is 8.95. The average Bonchev–Trinajstić information content (AvgIpc) is 3.48. The highest BCUT2D eigenvalue weighted by Gasteiger charge is 2.42. The quantitative estimate of drug-likeness (QED) is 0.818. The first-order valence-electron chi connectivity index (χ1n) is 10.7. The van der Waals surface area contributed by atoms with Crippen molar-refractivity contribution < 1.29 is 14.3 Å². The van der Waals surface area contributed by atoms with E-state index in [1.165, 1.54) is 5.56 Å². The Morgan fingerprint density at radius 2 is 1.79 bits per heavy atom. The van der Waals surface area contributed by atoms with Gasteiger partial charge in [0.25, 0.3) is 0 Å². The van der Waals surface area contributed by atoms with Crippen LogP contribution in [0.4, 0.5) is 4.79 Å². The molecule has 0 spiro atoms. The Balaban J connectivity index is 1.30. The zero-order chi connectivity index (χ0) is 19.3. The molecule has 1 saturated carbocycles. The number of amides is 3. The van der Waals surface area contributed by atoms with E-state index in [-0.39, 0.29) is 24.0 Å². The molecular weight excluding hydrogens is 354 g/mol. The summed E-state index contributed by atoms with van der Waals surface area (Å²) in [5, 5.41) is 3.04. The summed E-state index contributed by atoms with van der Waals surface area (Å²) in [6, 6.07) is 10.6. The molecule has 152 valence electrons. The van der Waals surface area contributed by atoms with Gasteiger partial charge in [0.1, 0.15) is 0 Å². The standard InChI is InChI=1S/C22H31N3O3/c26-21(18-6-7-18)25(19-10-14-28-15-11-19)20-9-13-24(16-20)22(27)23-12-8-17-4-2-1-3-5-17/h1-5,18-20H,6-16H2,(H,23,27). The third-order valence-corrected chi connectivity index (χ3v) is 6.14. The predicted molar refractivity (Wildman–Crippen MR) is 107 cm³/mol. The molecule has 0 radical (unpaired) electrons. The molecule has 28 heavy (non-hydrogen) atoms. The van der Waals surface area contributed by atoms with Crippen molar-refractivity contribution in [3.8, 4) is 0 Å². The zero-order valence-electron chi connectivity index (χ0n) is 16.5. The van der Waals surface area contributed by atoms with Crippen LogP contribution in [0.5, 0.6) is 0 Å². The maximum atomic E-state index is 13.0. The molecule has 0 aromatic heterocycles. The number of rotatable bonds is 6. The van der Waals surface area contributed by atoms with Gasteiger partial charge >= 0.3 is 6.03 Å². The number of carbonyl (C=O) groups excluding carboxylic acids is 2. The molecule has 2 saturated heterocycles. The first-order chi connectivity index (χ1) is 13.7. The van der Waals surface area contributed by atoms with E-state index in [1.807, 2.05) is 23.1 Å². The molecule has 3 fully saturated rings. The highest BCUT2D eigenvalue weighted by Crippen LogP contribution is 2.35. The largest absolute Gasteiger partial charge is 0.381 e. The van der Waals surface area contributed by atoms with Crippen LogP contribution in [-0.4, -0.2) is 66.7 Å². The van der Waals surface area contributed by atoms with E-state index >= 15 is 0 Å². The minimum atomic E-state index is -0.00997. The summed E-state index contributed by atoms with van der Waals surface area (Å²) in [5.74, 6) is 0.528. The van der Waals surface area contributed by atoms with E-state index in [1.54, 1.807) is 0 Å². The number of nitrogens with zero attached hydrogens (tertiary/aromatic N) is 2. The topological polar surface area (TPSA) is 61.9 Å². The van der Waals surface area contributed by atoms with Gasteiger partial charge in [-0.15, -0.1) is 0 Å². The molecule has 1 aromatic carbocycles. The van der Waals surface area contributed by atoms with Gasteiger partial charge in [-0.05, 0) is 44.1 Å². The first kappa shape index (κ1) is 19.2. The predicted octanol–water partition coefficient (Wildman–Crippen LogP) is 2.43. The van der Waals surface area contributed by atoms with Crippen LogP contribution in [0.15, 0.2) is 30.3 Å². The molecule has 0 bridgehead atoms. The molecule has 3 amide bonds. The number of nitrogens with one attached hydrogen (secondary N) is 1. The van der Waals surface area contributed by atoms with Crippen molar-refractivity contribution in [3.63, 3.8) is 0 Å². The molecule has 2 heterocycles. The summed E-state index contributed by atoms with van der Waals surface area (Å²) in [6.07, 6.45) is 5.58. The second-order valence-corrected chi connectivity index (χ2v) is 8.22. The minimum absolute atomic E-state index is 0.00997. The molecule has 6 nitrogen and oxygen atoms in total. The van der Waals surface area contributed by atoms with Crippen molar-refractivity contribution in [2.24, 2.45) is 5.92 Å². The van der Waals surface area contributed by atoms with Crippen LogP contribution in [0.25, 0.3) is 0 Å². The van der Waals surface area contributed by atoms with Gasteiger partial charge in [0, 0.05) is 44.8 Å². The van der Waals surface area contributed by atoms with Crippen LogP contribution in [-0.2, 0) is 16.0 Å². The van der Waals surface area contributed by atoms with Gasteiger partial charge in [0.05, 0.1) is 6.04 Å². The Kier molecular flexibility index (Phi) is 6.15. The summed E-state index contributed by atoms with van der Waals surface area (Å²) in [4.78, 5) is 29.6. The van der Waals surface area contributed by atoms with Gasteiger partial charge in [0.15, 0.2) is 0 Å². The van der Waals surface area contributed by atoms with Gasteiger partial charge < -0.3 is 19.9 Å². The summed E-state index contributed by atoms with van der Waals surface area (Å²) >= 11 is 0. The third-order valence-electron chi connectivity index (χ3n) is 6.14. The Labute approximate surface area is 167 Å². The Bertz CT molecular complexity index is 671. The first-order valence-corrected chi connectivity index (χ1v) is 10.7. The van der Waals surface area contributed by atoms with Gasteiger partial charge in [-0.1, -0.05) is 30.3 Å². The SMILES string of the molecule is O=C(NCCc1ccccc1)N1CCC(N(C(=O)C2CC2)C2CCOCC2)C1. The van der Waals surface area contributed by atoms with Gasteiger partial charge in [-0.25, -0.2) is 4.79 Å². The molecule has 1 aromatic rings. The summed E-state index contributed by atoms with van der Waals surface area (Å²) < 4.78 is 5.50. The summed E-state index contributed by atoms with van der Waals surface area (Å²) in [6.45, 7) is 3.46. The summed E-state index contributed by atoms with van der Waals surface area (Å²) in [5.41, 5.74) is 1.22. The van der Waals surface area contributed by atoms with Gasteiger partial charge in [-0.2, -0.15) is 0 Å². The maximum absolute atomic E-state index is 13.0. The van der Waals surface area contributed by atoms with Crippen molar-refractivity contribution in [2.75, 3.05) is 32.8 Å². The minimum Gasteiger partial charge on any atom is -0.381 e. The van der Waals surface area contributed by atoms with Crippen LogP contribution < -0.4 is 5.32 Å². The smallest absolute Gasteiger partial charge is 0.317 e. The third kappa shape index (κ3) is 4.66. The summed E-state index contributed by atoms with van der Waals surface area (Å²) in [7, 11) is 0. The second-order valence-electron chi connectivity index (χ2n) is 8.22. The van der Waals surface area contributed by atoms with Crippen LogP contribution in [0.1, 0.15) is 37.7 Å². The lowest BCUT2D eigenvalue weighted by Crippen LogP contribution is -2.51. The van der Waals surface area contributed by atoms with E-state index in [9.17, 15) is 9.59 Å². The fraction of sp³-hybridized carbons (Fsp3) is 0.636. The highest BCUT2D eigenvalue weighted by molar-refractivity contribution is 5.82. The van der Waals surface area contributed by atoms with E-state index in [4.69, 9.17) is 4.74 Å². The maximum Gasteiger partial charge on any atom is 0.317 e. The average molecular weight is 386 g/mol. The van der Waals surface area contributed by atoms with E-state index in [0.717, 1.165) is 58.3 Å². The van der Waals surface area contributed by atoms with Crippen LogP contribution >= 0.6 is 0 Å². The molecule has 6 heteroatoms. The molecule has 1 aliphatic carbocycles. The molecule has 1 N–H and O–H groups in total. The van der Waals surface area contributed by atoms with E-state index in [0.29, 0.717) is 19.0 Å². The molecule has 4 rings (SSSR count). The zero-order valence-corrected chi connectivity index (χ0v) is 16.5. The van der Waals surface area contributed by atoms with Crippen molar-refractivity contribution in [3.05, 3.63) is 35.9 Å². The highest BCUT2D eigenvalue weighted by atomic mass is 16.5. The van der Waals surface area contributed by atoms with Crippen LogP contribution in [0.2, 0.25) is 0 Å². The molecule has 1 unspecified atom stereocenters. The molecule has 2 aliphatic heterocycles. The Morgan fingerprint density at radius 1 is 1.04 bits per heavy atom. The molecule has 3 aliphatic rings. The van der Waals surface area contributed by atoms with Crippen molar-refractivity contribution >= 4 is 11.9 Å². The van der Waals surface area contributed by atoms with Crippen LogP contribution in [0.3, 0.4) is 0 Å². The fourth-order valence-electron chi connectivity index (χ4n) is 4.39. The lowest BCUT2D eigenvalue weighted by molar-refractivity contribution is -0.139. The van der Waals surface area contributed by atoms with Crippen molar-refractivity contribution in [2.45, 2.75) is 50.6 Å². The van der Waals surface area contributed by atoms with Crippen LogP contribution in [0, 0.1) is 5.92 Å².